The summed E-state index contributed by atoms with van der Waals surface area (Å²) in [6, 6.07) is 1.90. The number of nitrogens with one attached hydrogen (secondary N) is 1. The molecule has 2 aromatic heterocycles. The van der Waals surface area contributed by atoms with E-state index in [4.69, 9.17) is 4.74 Å². The third kappa shape index (κ3) is 3.64. The molecule has 1 fully saturated rings. The van der Waals surface area contributed by atoms with Crippen LogP contribution in [0.25, 0.3) is 0 Å². The van der Waals surface area contributed by atoms with E-state index in [0.29, 0.717) is 12.1 Å². The molecule has 1 saturated heterocycles. The topological polar surface area (TPSA) is 69.0 Å². The lowest BCUT2D eigenvalue weighted by Gasteiger charge is -2.31. The first-order chi connectivity index (χ1) is 11.7. The van der Waals surface area contributed by atoms with E-state index in [2.05, 4.69) is 22.2 Å². The molecular formula is C18H24N4O2. The van der Waals surface area contributed by atoms with E-state index < -0.39 is 0 Å². The molecule has 0 aliphatic carbocycles. The molecule has 6 heteroatoms. The van der Waals surface area contributed by atoms with Crippen molar-refractivity contribution in [2.24, 2.45) is 13.0 Å². The van der Waals surface area contributed by atoms with Crippen LogP contribution in [0.3, 0.4) is 0 Å². The number of nitrogens with zero attached hydrogens (tertiary/aromatic N) is 3. The van der Waals surface area contributed by atoms with Gasteiger partial charge in [-0.1, -0.05) is 6.92 Å². The van der Waals surface area contributed by atoms with Crippen LogP contribution in [0.15, 0.2) is 30.9 Å². The van der Waals surface area contributed by atoms with Gasteiger partial charge in [-0.2, -0.15) is 0 Å². The smallest absolute Gasteiger partial charge is 0.252 e. The van der Waals surface area contributed by atoms with E-state index in [1.165, 1.54) is 0 Å². The molecule has 0 aromatic carbocycles. The van der Waals surface area contributed by atoms with Crippen LogP contribution in [0, 0.1) is 5.92 Å². The van der Waals surface area contributed by atoms with Gasteiger partial charge in [0.15, 0.2) is 0 Å². The molecule has 24 heavy (non-hydrogen) atoms. The van der Waals surface area contributed by atoms with Crippen LogP contribution in [-0.2, 0) is 18.2 Å². The number of aryl methyl sites for hydroxylation is 2. The Hall–Kier alpha value is -2.21. The van der Waals surface area contributed by atoms with E-state index in [9.17, 15) is 4.79 Å². The number of aromatic nitrogens is 3. The summed E-state index contributed by atoms with van der Waals surface area (Å²) >= 11 is 0. The number of pyridine rings is 1. The lowest BCUT2D eigenvalue weighted by atomic mass is 9.93. The molecule has 0 unspecified atom stereocenters. The zero-order valence-corrected chi connectivity index (χ0v) is 14.2. The van der Waals surface area contributed by atoms with Gasteiger partial charge in [0.05, 0.1) is 5.56 Å². The molecule has 6 nitrogen and oxygen atoms in total. The average Bonchev–Trinajstić information content (AvgIpc) is 3.05. The molecule has 1 aliphatic rings. The fraction of sp³-hybridized carbons (Fsp3) is 0.500. The number of imidazole rings is 1. The number of rotatable bonds is 5. The van der Waals surface area contributed by atoms with Gasteiger partial charge in [0, 0.05) is 50.9 Å². The second-order valence-electron chi connectivity index (χ2n) is 6.24. The minimum absolute atomic E-state index is 0.0702. The monoisotopic (exact) mass is 328 g/mol. The van der Waals surface area contributed by atoms with Crippen LogP contribution >= 0.6 is 0 Å². The third-order valence-electron chi connectivity index (χ3n) is 4.55. The lowest BCUT2D eigenvalue weighted by molar-refractivity contribution is -0.0337. The number of hydrogen-bond acceptors (Lipinski definition) is 4. The van der Waals surface area contributed by atoms with Crippen LogP contribution < -0.4 is 5.32 Å². The van der Waals surface area contributed by atoms with Crippen molar-refractivity contribution in [3.63, 3.8) is 0 Å². The van der Waals surface area contributed by atoms with Gasteiger partial charge in [0.1, 0.15) is 11.9 Å². The summed E-state index contributed by atoms with van der Waals surface area (Å²) in [6.45, 7) is 3.37. The van der Waals surface area contributed by atoms with Crippen molar-refractivity contribution < 1.29 is 9.53 Å². The minimum Gasteiger partial charge on any atom is -0.370 e. The van der Waals surface area contributed by atoms with Crippen LogP contribution in [0.4, 0.5) is 0 Å². The van der Waals surface area contributed by atoms with Gasteiger partial charge in [-0.3, -0.25) is 9.78 Å². The van der Waals surface area contributed by atoms with Crippen LogP contribution in [-0.4, -0.2) is 33.6 Å². The van der Waals surface area contributed by atoms with E-state index in [1.54, 1.807) is 18.6 Å². The van der Waals surface area contributed by atoms with Gasteiger partial charge in [-0.15, -0.1) is 0 Å². The Kier molecular flexibility index (Phi) is 5.25. The first kappa shape index (κ1) is 16.6. The zero-order valence-electron chi connectivity index (χ0n) is 14.2. The quantitative estimate of drug-likeness (QED) is 0.914. The number of amides is 1. The van der Waals surface area contributed by atoms with Gasteiger partial charge in [0.25, 0.3) is 5.91 Å². The Labute approximate surface area is 142 Å². The molecule has 3 heterocycles. The van der Waals surface area contributed by atoms with Crippen LogP contribution in [0.5, 0.6) is 0 Å². The SMILES string of the molecule is CCc1cncc(C(=O)NC[C@@H]2CCCO[C@H]2c2nccn2C)c1. The van der Waals surface area contributed by atoms with Crippen LogP contribution in [0.2, 0.25) is 0 Å². The fourth-order valence-electron chi connectivity index (χ4n) is 3.12. The number of hydrogen-bond donors (Lipinski definition) is 1. The largest absolute Gasteiger partial charge is 0.370 e. The van der Waals surface area contributed by atoms with Crippen molar-refractivity contribution in [2.45, 2.75) is 32.3 Å². The van der Waals surface area contributed by atoms with Crippen molar-refractivity contribution in [1.82, 2.24) is 19.9 Å². The van der Waals surface area contributed by atoms with Gasteiger partial charge in [-0.25, -0.2) is 4.98 Å². The third-order valence-corrected chi connectivity index (χ3v) is 4.55. The molecular weight excluding hydrogens is 304 g/mol. The highest BCUT2D eigenvalue weighted by Gasteiger charge is 2.30. The maximum absolute atomic E-state index is 12.4. The standard InChI is InChI=1S/C18H24N4O2/c1-3-13-9-15(11-19-10-13)18(23)21-12-14-5-4-8-24-16(14)17-20-6-7-22(17)2/h6-7,9-11,14,16H,3-5,8,12H2,1-2H3,(H,21,23)/t14-,16+/m0/s1. The molecule has 2 atom stereocenters. The van der Waals surface area contributed by atoms with Gasteiger partial charge < -0.3 is 14.6 Å². The molecule has 2 aromatic rings. The molecule has 1 amide bonds. The summed E-state index contributed by atoms with van der Waals surface area (Å²) < 4.78 is 7.93. The van der Waals surface area contributed by atoms with Crippen molar-refractivity contribution in [3.8, 4) is 0 Å². The van der Waals surface area contributed by atoms with E-state index in [1.807, 2.05) is 23.9 Å². The molecule has 3 rings (SSSR count). The van der Waals surface area contributed by atoms with Gasteiger partial charge >= 0.3 is 0 Å². The van der Waals surface area contributed by atoms with Gasteiger partial charge in [-0.05, 0) is 30.9 Å². The second-order valence-corrected chi connectivity index (χ2v) is 6.24. The summed E-state index contributed by atoms with van der Waals surface area (Å²) in [4.78, 5) is 21.0. The van der Waals surface area contributed by atoms with Crippen molar-refractivity contribution >= 4 is 5.91 Å². The van der Waals surface area contributed by atoms with E-state index >= 15 is 0 Å². The Morgan fingerprint density at radius 2 is 2.33 bits per heavy atom. The Morgan fingerprint density at radius 1 is 1.46 bits per heavy atom. The summed E-state index contributed by atoms with van der Waals surface area (Å²) in [6.07, 6.45) is 9.94. The number of carbonyl (C=O) groups is 1. The summed E-state index contributed by atoms with van der Waals surface area (Å²) in [5.74, 6) is 1.07. The summed E-state index contributed by atoms with van der Waals surface area (Å²) in [7, 11) is 1.97. The average molecular weight is 328 g/mol. The highest BCUT2D eigenvalue weighted by Crippen LogP contribution is 2.32. The Morgan fingerprint density at radius 3 is 3.08 bits per heavy atom. The first-order valence-corrected chi connectivity index (χ1v) is 8.50. The first-order valence-electron chi connectivity index (χ1n) is 8.50. The molecule has 0 saturated carbocycles. The van der Waals surface area contributed by atoms with Crippen molar-refractivity contribution in [2.75, 3.05) is 13.2 Å². The molecule has 1 aliphatic heterocycles. The highest BCUT2D eigenvalue weighted by molar-refractivity contribution is 5.94. The van der Waals surface area contributed by atoms with Crippen molar-refractivity contribution in [3.05, 3.63) is 47.8 Å². The normalized spacial score (nSPS) is 20.8. The van der Waals surface area contributed by atoms with Gasteiger partial charge in [0.2, 0.25) is 0 Å². The second kappa shape index (κ2) is 7.57. The maximum Gasteiger partial charge on any atom is 0.252 e. The highest BCUT2D eigenvalue weighted by atomic mass is 16.5. The lowest BCUT2D eigenvalue weighted by Crippen LogP contribution is -2.36. The molecule has 1 N–H and O–H groups in total. The maximum atomic E-state index is 12.4. The van der Waals surface area contributed by atoms with Crippen LogP contribution in [0.1, 0.15) is 47.6 Å². The molecule has 128 valence electrons. The predicted molar refractivity (Wildman–Crippen MR) is 90.6 cm³/mol. The van der Waals surface area contributed by atoms with Crippen molar-refractivity contribution in [1.29, 1.82) is 0 Å². The summed E-state index contributed by atoms with van der Waals surface area (Å²) in [5.41, 5.74) is 1.68. The minimum atomic E-state index is -0.0815. The predicted octanol–water partition coefficient (Wildman–Crippen LogP) is 2.28. The van der Waals surface area contributed by atoms with E-state index in [-0.39, 0.29) is 17.9 Å². The Bertz CT molecular complexity index is 698. The zero-order chi connectivity index (χ0) is 16.9. The Balaban J connectivity index is 1.65. The van der Waals surface area contributed by atoms with E-state index in [0.717, 1.165) is 37.3 Å². The molecule has 0 bridgehead atoms. The molecule has 0 radical (unpaired) electrons. The fourth-order valence-corrected chi connectivity index (χ4v) is 3.12. The number of carbonyl (C=O) groups excluding carboxylic acids is 1. The summed E-state index contributed by atoms with van der Waals surface area (Å²) in [5, 5.41) is 3.04. The molecule has 0 spiro atoms. The number of ether oxygens (including phenoxy) is 1.